The molecule has 0 amide bonds. The lowest BCUT2D eigenvalue weighted by Crippen LogP contribution is -2.30. The lowest BCUT2D eigenvalue weighted by Gasteiger charge is -2.00. The molecule has 0 aliphatic rings. The summed E-state index contributed by atoms with van der Waals surface area (Å²) < 4.78 is 6.54. The maximum Gasteiger partial charge on any atom is 0.204 e. The van der Waals surface area contributed by atoms with Gasteiger partial charge in [-0.25, -0.2) is 9.13 Å². The topological polar surface area (TPSA) is 12.7 Å². The molecule has 156 valence electrons. The van der Waals surface area contributed by atoms with Gasteiger partial charge in [0.2, 0.25) is 11.4 Å². The van der Waals surface area contributed by atoms with Gasteiger partial charge in [0.25, 0.3) is 0 Å². The van der Waals surface area contributed by atoms with Crippen LogP contribution in [0.25, 0.3) is 46.1 Å². The Bertz CT molecular complexity index is 1390. The number of hydrogen-bond donors (Lipinski definition) is 0. The van der Waals surface area contributed by atoms with Crippen molar-refractivity contribution in [3.8, 4) is 0 Å². The zero-order chi connectivity index (χ0) is 22.1. The van der Waals surface area contributed by atoms with E-state index in [2.05, 4.69) is 132 Å². The van der Waals surface area contributed by atoms with Crippen molar-refractivity contribution in [2.75, 3.05) is 0 Å². The lowest BCUT2D eigenvalue weighted by molar-refractivity contribution is -0.673. The summed E-state index contributed by atoms with van der Waals surface area (Å²) in [6.45, 7) is 0. The molecule has 0 bridgehead atoms. The van der Waals surface area contributed by atoms with Crippen molar-refractivity contribution in [1.82, 2.24) is 4.57 Å². The van der Waals surface area contributed by atoms with Gasteiger partial charge in [-0.05, 0) is 47.5 Å². The first-order valence-corrected chi connectivity index (χ1v) is 10.9. The van der Waals surface area contributed by atoms with Gasteiger partial charge in [0.05, 0.1) is 0 Å². The summed E-state index contributed by atoms with van der Waals surface area (Å²) in [7, 11) is 6.28. The molecule has 0 saturated carbocycles. The van der Waals surface area contributed by atoms with E-state index in [0.29, 0.717) is 0 Å². The van der Waals surface area contributed by atoms with Gasteiger partial charge < -0.3 is 4.57 Å². The van der Waals surface area contributed by atoms with Gasteiger partial charge in [0.1, 0.15) is 14.1 Å². The van der Waals surface area contributed by atoms with Gasteiger partial charge in [-0.15, -0.1) is 0 Å². The van der Waals surface area contributed by atoms with E-state index < -0.39 is 0 Å². The molecule has 3 heterocycles. The molecule has 0 atom stereocenters. The van der Waals surface area contributed by atoms with Crippen LogP contribution in [0.15, 0.2) is 85.2 Å². The van der Waals surface area contributed by atoms with Crippen molar-refractivity contribution in [1.29, 1.82) is 0 Å². The molecular weight excluding hydrogens is 390 g/mol. The molecule has 5 aromatic rings. The van der Waals surface area contributed by atoms with Crippen LogP contribution in [0, 0.1) is 0 Å². The number of fused-ring (bicyclic) bond motifs is 3. The van der Waals surface area contributed by atoms with Gasteiger partial charge in [-0.1, -0.05) is 24.3 Å². The fourth-order valence-corrected chi connectivity index (χ4v) is 4.23. The minimum Gasteiger partial charge on any atom is -0.344 e. The number of nitrogens with zero attached hydrogens (tertiary/aromatic N) is 3. The zero-order valence-corrected chi connectivity index (χ0v) is 18.7. The lowest BCUT2D eigenvalue weighted by atomic mass is 10.1. The monoisotopic (exact) mass is 417 g/mol. The molecule has 2 aromatic carbocycles. The first-order chi connectivity index (χ1) is 15.6. The van der Waals surface area contributed by atoms with Gasteiger partial charge in [0, 0.05) is 65.3 Å². The molecule has 0 fully saturated rings. The Morgan fingerprint density at radius 2 is 1.06 bits per heavy atom. The Morgan fingerprint density at radius 3 is 1.50 bits per heavy atom. The summed E-state index contributed by atoms with van der Waals surface area (Å²) in [4.78, 5) is 0. The van der Waals surface area contributed by atoms with E-state index in [9.17, 15) is 0 Å². The molecular formula is C29H27N3+2. The van der Waals surface area contributed by atoms with Crippen LogP contribution in [-0.4, -0.2) is 4.57 Å². The quantitative estimate of drug-likeness (QED) is 0.351. The van der Waals surface area contributed by atoms with Crippen LogP contribution in [0.4, 0.5) is 0 Å². The Balaban J connectivity index is 1.51. The molecule has 0 radical (unpaired) electrons. The van der Waals surface area contributed by atoms with E-state index in [4.69, 9.17) is 0 Å². The molecule has 3 aromatic heterocycles. The largest absolute Gasteiger partial charge is 0.344 e. The average Bonchev–Trinajstić information content (AvgIpc) is 3.09. The van der Waals surface area contributed by atoms with Gasteiger partial charge in [-0.3, -0.25) is 0 Å². The molecule has 3 heteroatoms. The average molecular weight is 418 g/mol. The normalized spacial score (nSPS) is 12.0. The van der Waals surface area contributed by atoms with Gasteiger partial charge >= 0.3 is 0 Å². The summed E-state index contributed by atoms with van der Waals surface area (Å²) in [5, 5.41) is 2.57. The molecule has 3 nitrogen and oxygen atoms in total. The minimum absolute atomic E-state index is 1.17. The molecule has 0 saturated heterocycles. The van der Waals surface area contributed by atoms with Crippen LogP contribution in [0.3, 0.4) is 0 Å². The second kappa shape index (κ2) is 8.27. The molecule has 5 rings (SSSR count). The summed E-state index contributed by atoms with van der Waals surface area (Å²) in [6.07, 6.45) is 12.8. The Labute approximate surface area is 188 Å². The summed E-state index contributed by atoms with van der Waals surface area (Å²) in [6, 6.07) is 25.9. The van der Waals surface area contributed by atoms with Crippen LogP contribution >= 0.6 is 0 Å². The minimum atomic E-state index is 1.17. The predicted octanol–water partition coefficient (Wildman–Crippen LogP) is 5.32. The Hall–Kier alpha value is -3.98. The second-order valence-electron chi connectivity index (χ2n) is 8.25. The summed E-state index contributed by atoms with van der Waals surface area (Å²) >= 11 is 0. The third-order valence-electron chi connectivity index (χ3n) is 6.14. The highest BCUT2D eigenvalue weighted by atomic mass is 14.9. The number of aromatic nitrogens is 3. The maximum absolute atomic E-state index is 2.30. The number of benzene rings is 2. The predicted molar refractivity (Wildman–Crippen MR) is 134 cm³/mol. The summed E-state index contributed by atoms with van der Waals surface area (Å²) in [5.74, 6) is 0. The smallest absolute Gasteiger partial charge is 0.204 e. The van der Waals surface area contributed by atoms with Crippen LogP contribution in [0.5, 0.6) is 0 Å². The molecule has 0 aliphatic carbocycles. The van der Waals surface area contributed by atoms with E-state index in [0.717, 1.165) is 0 Å². The van der Waals surface area contributed by atoms with Gasteiger partial charge in [0.15, 0.2) is 12.4 Å². The molecule has 0 aliphatic heterocycles. The van der Waals surface area contributed by atoms with E-state index in [1.807, 2.05) is 12.1 Å². The van der Waals surface area contributed by atoms with Crippen molar-refractivity contribution in [2.24, 2.45) is 21.1 Å². The number of rotatable bonds is 4. The van der Waals surface area contributed by atoms with Crippen LogP contribution in [-0.2, 0) is 21.1 Å². The number of aryl methyl sites for hydroxylation is 3. The molecule has 0 unspecified atom stereocenters. The first kappa shape index (κ1) is 20.0. The zero-order valence-electron chi connectivity index (χ0n) is 18.7. The van der Waals surface area contributed by atoms with Crippen molar-refractivity contribution in [3.63, 3.8) is 0 Å². The fourth-order valence-electron chi connectivity index (χ4n) is 4.23. The standard InChI is InChI=1S/C29H27N3/c1-30-18-6-4-8-24(30)14-10-22-12-16-26-27-17-13-23(21-29(27)32(3)28(26)20-22)11-15-25-9-5-7-19-31(25)2/h4-21H,1-3H3/q+2. The number of hydrogen-bond acceptors (Lipinski definition) is 0. The molecule has 0 spiro atoms. The highest BCUT2D eigenvalue weighted by Gasteiger charge is 2.09. The van der Waals surface area contributed by atoms with Crippen LogP contribution in [0.1, 0.15) is 22.5 Å². The van der Waals surface area contributed by atoms with E-state index in [1.54, 1.807) is 0 Å². The highest BCUT2D eigenvalue weighted by molar-refractivity contribution is 6.09. The first-order valence-electron chi connectivity index (χ1n) is 10.9. The second-order valence-corrected chi connectivity index (χ2v) is 8.25. The van der Waals surface area contributed by atoms with Crippen molar-refractivity contribution < 1.29 is 9.13 Å². The number of pyridine rings is 2. The molecule has 0 N–H and O–H groups in total. The molecule has 32 heavy (non-hydrogen) atoms. The van der Waals surface area contributed by atoms with E-state index in [1.165, 1.54) is 44.3 Å². The maximum atomic E-state index is 2.30. The SMILES string of the molecule is Cn1c2cc(/C=C/c3cccc[n+]3C)ccc2c2ccc(/C=C/c3cccc[n+]3C)cc21. The van der Waals surface area contributed by atoms with E-state index >= 15 is 0 Å². The van der Waals surface area contributed by atoms with Gasteiger partial charge in [-0.2, -0.15) is 0 Å². The summed E-state index contributed by atoms with van der Waals surface area (Å²) in [5.41, 5.74) is 7.24. The van der Waals surface area contributed by atoms with Crippen molar-refractivity contribution in [3.05, 3.63) is 108 Å². The van der Waals surface area contributed by atoms with E-state index in [-0.39, 0.29) is 0 Å². The Morgan fingerprint density at radius 1 is 0.594 bits per heavy atom. The van der Waals surface area contributed by atoms with Crippen molar-refractivity contribution >= 4 is 46.1 Å². The van der Waals surface area contributed by atoms with Crippen LogP contribution in [0.2, 0.25) is 0 Å². The fraction of sp³-hybridized carbons (Fsp3) is 0.103. The van der Waals surface area contributed by atoms with Crippen molar-refractivity contribution in [2.45, 2.75) is 0 Å². The third-order valence-corrected chi connectivity index (χ3v) is 6.14. The van der Waals surface area contributed by atoms with Crippen LogP contribution < -0.4 is 9.13 Å². The highest BCUT2D eigenvalue weighted by Crippen LogP contribution is 2.30. The Kier molecular flexibility index (Phi) is 5.16. The third kappa shape index (κ3) is 3.74.